The van der Waals surface area contributed by atoms with Gasteiger partial charge in [0.15, 0.2) is 0 Å². The van der Waals surface area contributed by atoms with Gasteiger partial charge < -0.3 is 10.2 Å². The van der Waals surface area contributed by atoms with Gasteiger partial charge in [0.25, 0.3) is 0 Å². The molecule has 4 nitrogen and oxygen atoms in total. The van der Waals surface area contributed by atoms with Crippen LogP contribution in [0.4, 0.5) is 5.69 Å². The molecule has 2 amide bonds. The van der Waals surface area contributed by atoms with Crippen LogP contribution in [0, 0.1) is 5.92 Å². The summed E-state index contributed by atoms with van der Waals surface area (Å²) in [7, 11) is 0. The second kappa shape index (κ2) is 7.89. The Morgan fingerprint density at radius 3 is 2.68 bits per heavy atom. The van der Waals surface area contributed by atoms with Crippen molar-refractivity contribution in [3.05, 3.63) is 64.1 Å². The lowest BCUT2D eigenvalue weighted by Gasteiger charge is -2.17. The maximum absolute atomic E-state index is 12.5. The van der Waals surface area contributed by atoms with Crippen LogP contribution in [0.15, 0.2) is 48.5 Å². The lowest BCUT2D eigenvalue weighted by molar-refractivity contribution is -0.128. The zero-order chi connectivity index (χ0) is 17.8. The molecule has 3 rings (SSSR count). The molecule has 2 aromatic carbocycles. The molecule has 1 atom stereocenters. The topological polar surface area (TPSA) is 49.4 Å². The number of anilines is 1. The van der Waals surface area contributed by atoms with Gasteiger partial charge in [0.2, 0.25) is 11.8 Å². The van der Waals surface area contributed by atoms with Crippen molar-refractivity contribution in [1.82, 2.24) is 4.90 Å². The largest absolute Gasteiger partial charge is 0.342 e. The monoisotopic (exact) mass is 376 g/mol. The maximum atomic E-state index is 12.5. The number of hydrogen-bond donors (Lipinski definition) is 1. The summed E-state index contributed by atoms with van der Waals surface area (Å²) in [6.07, 6.45) is 1.000. The zero-order valence-electron chi connectivity index (χ0n) is 13.5. The third-order valence-electron chi connectivity index (χ3n) is 4.28. The van der Waals surface area contributed by atoms with Crippen LogP contribution in [0.3, 0.4) is 0 Å². The molecular formula is C19H18Cl2N2O2. The van der Waals surface area contributed by atoms with Crippen LogP contribution in [-0.4, -0.2) is 29.8 Å². The van der Waals surface area contributed by atoms with Gasteiger partial charge in [-0.3, -0.25) is 9.59 Å². The number of halogens is 2. The molecule has 0 saturated carbocycles. The minimum atomic E-state index is -0.377. The summed E-state index contributed by atoms with van der Waals surface area (Å²) in [5, 5.41) is 3.69. The molecule has 1 saturated heterocycles. The van der Waals surface area contributed by atoms with Gasteiger partial charge in [-0.25, -0.2) is 0 Å². The minimum absolute atomic E-state index is 0.00766. The van der Waals surface area contributed by atoms with E-state index in [0.29, 0.717) is 28.8 Å². The Labute approximate surface area is 156 Å². The first kappa shape index (κ1) is 17.8. The summed E-state index contributed by atoms with van der Waals surface area (Å²) in [5.41, 5.74) is 1.64. The van der Waals surface area contributed by atoms with Crippen molar-refractivity contribution in [3.8, 4) is 0 Å². The molecule has 0 aromatic heterocycles. The summed E-state index contributed by atoms with van der Waals surface area (Å²) in [4.78, 5) is 26.4. The van der Waals surface area contributed by atoms with Gasteiger partial charge >= 0.3 is 0 Å². The fourth-order valence-corrected chi connectivity index (χ4v) is 3.24. The first-order valence-corrected chi connectivity index (χ1v) is 8.86. The zero-order valence-corrected chi connectivity index (χ0v) is 15.1. The van der Waals surface area contributed by atoms with Gasteiger partial charge in [0.1, 0.15) is 0 Å². The maximum Gasteiger partial charge on any atom is 0.229 e. The van der Waals surface area contributed by atoms with E-state index in [1.807, 2.05) is 30.3 Å². The average molecular weight is 377 g/mol. The normalized spacial score (nSPS) is 17.0. The quantitative estimate of drug-likeness (QED) is 0.856. The summed E-state index contributed by atoms with van der Waals surface area (Å²) < 4.78 is 0. The average Bonchev–Trinajstić information content (AvgIpc) is 2.98. The minimum Gasteiger partial charge on any atom is -0.342 e. The second-order valence-electron chi connectivity index (χ2n) is 6.09. The summed E-state index contributed by atoms with van der Waals surface area (Å²) in [5.74, 6) is -0.577. The molecule has 130 valence electrons. The van der Waals surface area contributed by atoms with Gasteiger partial charge in [0, 0.05) is 24.5 Å². The first-order chi connectivity index (χ1) is 12.0. The highest BCUT2D eigenvalue weighted by Gasteiger charge is 2.34. The van der Waals surface area contributed by atoms with Crippen LogP contribution in [0.5, 0.6) is 0 Å². The van der Waals surface area contributed by atoms with Crippen molar-refractivity contribution in [1.29, 1.82) is 0 Å². The fraction of sp³-hybridized carbons (Fsp3) is 0.263. The van der Waals surface area contributed by atoms with Crippen LogP contribution in [0.1, 0.15) is 12.0 Å². The Morgan fingerprint density at radius 1 is 1.16 bits per heavy atom. The Balaban J connectivity index is 1.58. The summed E-state index contributed by atoms with van der Waals surface area (Å²) >= 11 is 12.0. The van der Waals surface area contributed by atoms with Gasteiger partial charge in [-0.2, -0.15) is 0 Å². The number of hydrogen-bond acceptors (Lipinski definition) is 2. The SMILES string of the molecule is O=C(Nc1cc(Cl)ccc1Cl)C1CC(=O)N(CCc2ccccc2)C1. The number of likely N-dealkylation sites (tertiary alicyclic amines) is 1. The van der Waals surface area contributed by atoms with Crippen LogP contribution in [0.2, 0.25) is 10.0 Å². The molecule has 0 radical (unpaired) electrons. The van der Waals surface area contributed by atoms with E-state index in [2.05, 4.69) is 5.32 Å². The predicted molar refractivity (Wildman–Crippen MR) is 99.9 cm³/mol. The Hall–Kier alpha value is -2.04. The molecule has 0 spiro atoms. The Bertz CT molecular complexity index is 780. The van der Waals surface area contributed by atoms with Crippen LogP contribution in [-0.2, 0) is 16.0 Å². The van der Waals surface area contributed by atoms with Crippen LogP contribution < -0.4 is 5.32 Å². The lowest BCUT2D eigenvalue weighted by Crippen LogP contribution is -2.30. The molecule has 1 aliphatic heterocycles. The van der Waals surface area contributed by atoms with Gasteiger partial charge in [-0.1, -0.05) is 53.5 Å². The van der Waals surface area contributed by atoms with Crippen molar-refractivity contribution in [2.24, 2.45) is 5.92 Å². The first-order valence-electron chi connectivity index (χ1n) is 8.10. The predicted octanol–water partition coefficient (Wildman–Crippen LogP) is 4.02. The van der Waals surface area contributed by atoms with Crippen molar-refractivity contribution in [3.63, 3.8) is 0 Å². The molecule has 1 aliphatic rings. The number of rotatable bonds is 5. The number of benzene rings is 2. The second-order valence-corrected chi connectivity index (χ2v) is 6.93. The summed E-state index contributed by atoms with van der Waals surface area (Å²) in [6.45, 7) is 1.04. The molecule has 0 bridgehead atoms. The van der Waals surface area contributed by atoms with E-state index in [-0.39, 0.29) is 24.2 Å². The van der Waals surface area contributed by atoms with Crippen LogP contribution in [0.25, 0.3) is 0 Å². The molecule has 0 aliphatic carbocycles. The van der Waals surface area contributed by atoms with E-state index >= 15 is 0 Å². The van der Waals surface area contributed by atoms with E-state index in [4.69, 9.17) is 23.2 Å². The molecule has 6 heteroatoms. The van der Waals surface area contributed by atoms with Gasteiger partial charge in [-0.15, -0.1) is 0 Å². The number of nitrogens with zero attached hydrogens (tertiary/aromatic N) is 1. The molecule has 1 unspecified atom stereocenters. The molecule has 1 fully saturated rings. The van der Waals surface area contributed by atoms with E-state index in [1.165, 1.54) is 5.56 Å². The van der Waals surface area contributed by atoms with Gasteiger partial charge in [0.05, 0.1) is 16.6 Å². The van der Waals surface area contributed by atoms with E-state index in [1.54, 1.807) is 23.1 Å². The molecular weight excluding hydrogens is 359 g/mol. The van der Waals surface area contributed by atoms with Gasteiger partial charge in [-0.05, 0) is 30.2 Å². The third-order valence-corrected chi connectivity index (χ3v) is 4.85. The fourth-order valence-electron chi connectivity index (χ4n) is 2.90. The number of nitrogens with one attached hydrogen (secondary N) is 1. The molecule has 1 N–H and O–H groups in total. The standard InChI is InChI=1S/C19H18Cl2N2O2/c20-15-6-7-16(21)17(11-15)22-19(25)14-10-18(24)23(12-14)9-8-13-4-2-1-3-5-13/h1-7,11,14H,8-10,12H2,(H,22,25). The highest BCUT2D eigenvalue weighted by atomic mass is 35.5. The molecule has 25 heavy (non-hydrogen) atoms. The number of carbonyl (C=O) groups excluding carboxylic acids is 2. The van der Waals surface area contributed by atoms with E-state index < -0.39 is 0 Å². The Kier molecular flexibility index (Phi) is 5.61. The van der Waals surface area contributed by atoms with Crippen molar-refractivity contribution >= 4 is 40.7 Å². The van der Waals surface area contributed by atoms with Crippen molar-refractivity contribution in [2.45, 2.75) is 12.8 Å². The number of carbonyl (C=O) groups is 2. The van der Waals surface area contributed by atoms with Crippen LogP contribution >= 0.6 is 23.2 Å². The molecule has 1 heterocycles. The number of amides is 2. The highest BCUT2D eigenvalue weighted by molar-refractivity contribution is 6.35. The van der Waals surface area contributed by atoms with E-state index in [0.717, 1.165) is 6.42 Å². The van der Waals surface area contributed by atoms with E-state index in [9.17, 15) is 9.59 Å². The van der Waals surface area contributed by atoms with Crippen molar-refractivity contribution < 1.29 is 9.59 Å². The third kappa shape index (κ3) is 4.53. The van der Waals surface area contributed by atoms with Crippen molar-refractivity contribution in [2.75, 3.05) is 18.4 Å². The lowest BCUT2D eigenvalue weighted by atomic mass is 10.1. The highest BCUT2D eigenvalue weighted by Crippen LogP contribution is 2.27. The molecule has 2 aromatic rings. The smallest absolute Gasteiger partial charge is 0.229 e. The summed E-state index contributed by atoms with van der Waals surface area (Å²) in [6, 6.07) is 14.9. The Morgan fingerprint density at radius 2 is 1.92 bits per heavy atom.